The van der Waals surface area contributed by atoms with E-state index in [9.17, 15) is 14.4 Å². The highest BCUT2D eigenvalue weighted by atomic mass is 16.6. The van der Waals surface area contributed by atoms with E-state index in [1.54, 1.807) is 0 Å². The third kappa shape index (κ3) is 54.1. The van der Waals surface area contributed by atoms with Crippen molar-refractivity contribution in [2.75, 3.05) is 13.2 Å². The fourth-order valence-corrected chi connectivity index (χ4v) is 8.39. The highest BCUT2D eigenvalue weighted by Gasteiger charge is 2.19. The van der Waals surface area contributed by atoms with Crippen LogP contribution in [0.5, 0.6) is 0 Å². The van der Waals surface area contributed by atoms with Gasteiger partial charge in [0.15, 0.2) is 6.10 Å². The number of hydrogen-bond acceptors (Lipinski definition) is 6. The van der Waals surface area contributed by atoms with E-state index in [-0.39, 0.29) is 31.1 Å². The maximum atomic E-state index is 12.9. The summed E-state index contributed by atoms with van der Waals surface area (Å²) >= 11 is 0. The van der Waals surface area contributed by atoms with Crippen LogP contribution in [0.15, 0.2) is 60.8 Å². The van der Waals surface area contributed by atoms with Crippen molar-refractivity contribution in [2.24, 2.45) is 0 Å². The lowest BCUT2D eigenvalue weighted by atomic mass is 10.0. The first-order chi connectivity index (χ1) is 33.5. The third-order valence-electron chi connectivity index (χ3n) is 12.8. The molecule has 0 radical (unpaired) electrons. The van der Waals surface area contributed by atoms with E-state index in [4.69, 9.17) is 14.2 Å². The Morgan fingerprint density at radius 2 is 0.618 bits per heavy atom. The molecule has 0 aliphatic carbocycles. The van der Waals surface area contributed by atoms with E-state index >= 15 is 0 Å². The van der Waals surface area contributed by atoms with Gasteiger partial charge >= 0.3 is 17.9 Å². The standard InChI is InChI=1S/C62H110O6/c1-4-7-10-13-16-19-22-25-27-29-31-33-35-37-40-43-46-49-52-55-61(64)67-58-59(57-66-60(63)54-51-48-45-42-39-24-21-18-15-12-9-6-3)68-62(65)56-53-50-47-44-41-38-36-34-32-30-28-26-23-20-17-14-11-8-5-2/h7,10,16-17,19-20,23,25-27,59H,4-6,8-9,11-15,18,21-22,24,28-58H2,1-3H3/b10-7-,19-16-,20-17-,26-23-,27-25-. The number of allylic oxidation sites excluding steroid dienone is 10. The van der Waals surface area contributed by atoms with Gasteiger partial charge in [0.25, 0.3) is 0 Å². The maximum Gasteiger partial charge on any atom is 0.306 e. The normalized spacial score (nSPS) is 12.5. The van der Waals surface area contributed by atoms with Crippen LogP contribution >= 0.6 is 0 Å². The van der Waals surface area contributed by atoms with Crippen LogP contribution in [-0.4, -0.2) is 37.2 Å². The molecular weight excluding hydrogens is 841 g/mol. The van der Waals surface area contributed by atoms with Crippen molar-refractivity contribution in [1.82, 2.24) is 0 Å². The number of esters is 3. The molecule has 0 spiro atoms. The zero-order chi connectivity index (χ0) is 49.3. The molecule has 6 heteroatoms. The maximum absolute atomic E-state index is 12.9. The highest BCUT2D eigenvalue weighted by Crippen LogP contribution is 2.16. The van der Waals surface area contributed by atoms with Crippen LogP contribution in [0.4, 0.5) is 0 Å². The smallest absolute Gasteiger partial charge is 0.306 e. The van der Waals surface area contributed by atoms with E-state index < -0.39 is 6.10 Å². The lowest BCUT2D eigenvalue weighted by Gasteiger charge is -2.18. The minimum Gasteiger partial charge on any atom is -0.462 e. The van der Waals surface area contributed by atoms with E-state index in [1.807, 2.05) is 0 Å². The summed E-state index contributed by atoms with van der Waals surface area (Å²) in [7, 11) is 0. The highest BCUT2D eigenvalue weighted by molar-refractivity contribution is 5.71. The summed E-state index contributed by atoms with van der Waals surface area (Å²) in [5.41, 5.74) is 0. The molecular formula is C62H110O6. The molecule has 68 heavy (non-hydrogen) atoms. The Morgan fingerprint density at radius 3 is 1.01 bits per heavy atom. The van der Waals surface area contributed by atoms with Gasteiger partial charge in [-0.1, -0.05) is 261 Å². The monoisotopic (exact) mass is 951 g/mol. The molecule has 0 aromatic carbocycles. The second-order valence-corrected chi connectivity index (χ2v) is 19.6. The first-order valence-electron chi connectivity index (χ1n) is 29.3. The van der Waals surface area contributed by atoms with Crippen molar-refractivity contribution >= 4 is 17.9 Å². The molecule has 0 saturated carbocycles. The van der Waals surface area contributed by atoms with Crippen LogP contribution in [0.2, 0.25) is 0 Å². The van der Waals surface area contributed by atoms with Crippen molar-refractivity contribution in [3.63, 3.8) is 0 Å². The molecule has 0 saturated heterocycles. The molecule has 0 N–H and O–H groups in total. The van der Waals surface area contributed by atoms with E-state index in [1.165, 1.54) is 180 Å². The molecule has 0 aliphatic heterocycles. The summed E-state index contributed by atoms with van der Waals surface area (Å²) < 4.78 is 16.9. The van der Waals surface area contributed by atoms with Crippen molar-refractivity contribution < 1.29 is 28.6 Å². The number of carbonyl (C=O) groups excluding carboxylic acids is 3. The number of hydrogen-bond donors (Lipinski definition) is 0. The molecule has 1 unspecified atom stereocenters. The fraction of sp³-hybridized carbons (Fsp3) is 0.790. The van der Waals surface area contributed by atoms with Gasteiger partial charge < -0.3 is 14.2 Å². The van der Waals surface area contributed by atoms with Gasteiger partial charge in [0.1, 0.15) is 13.2 Å². The number of ether oxygens (including phenoxy) is 3. The van der Waals surface area contributed by atoms with Gasteiger partial charge in [0.2, 0.25) is 0 Å². The van der Waals surface area contributed by atoms with Gasteiger partial charge in [-0.25, -0.2) is 0 Å². The summed E-state index contributed by atoms with van der Waals surface area (Å²) in [4.78, 5) is 38.2. The fourth-order valence-electron chi connectivity index (χ4n) is 8.39. The van der Waals surface area contributed by atoms with Crippen LogP contribution < -0.4 is 0 Å². The van der Waals surface area contributed by atoms with Gasteiger partial charge in [0.05, 0.1) is 0 Å². The summed E-state index contributed by atoms with van der Waals surface area (Å²) in [6.45, 7) is 6.52. The van der Waals surface area contributed by atoms with E-state index in [2.05, 4.69) is 81.5 Å². The van der Waals surface area contributed by atoms with E-state index in [0.29, 0.717) is 19.3 Å². The van der Waals surface area contributed by atoms with Crippen LogP contribution in [-0.2, 0) is 28.6 Å². The van der Waals surface area contributed by atoms with Gasteiger partial charge in [-0.2, -0.15) is 0 Å². The average Bonchev–Trinajstić information content (AvgIpc) is 3.34. The average molecular weight is 952 g/mol. The van der Waals surface area contributed by atoms with Crippen molar-refractivity contribution in [3.05, 3.63) is 60.8 Å². The van der Waals surface area contributed by atoms with Gasteiger partial charge in [-0.05, 0) is 77.0 Å². The Bertz CT molecular complexity index is 1230. The molecule has 1 atom stereocenters. The van der Waals surface area contributed by atoms with Gasteiger partial charge in [0, 0.05) is 19.3 Å². The Kier molecular flexibility index (Phi) is 54.3. The molecule has 0 aromatic rings. The van der Waals surface area contributed by atoms with Crippen LogP contribution in [0.1, 0.15) is 297 Å². The summed E-state index contributed by atoms with van der Waals surface area (Å²) in [5.74, 6) is -0.871. The quantitative estimate of drug-likeness (QED) is 0.0199. The molecule has 0 fully saturated rings. The molecule has 0 bridgehead atoms. The third-order valence-corrected chi connectivity index (χ3v) is 12.8. The van der Waals surface area contributed by atoms with E-state index in [0.717, 1.165) is 77.0 Å². The van der Waals surface area contributed by atoms with Crippen LogP contribution in [0.25, 0.3) is 0 Å². The molecule has 0 aliphatic rings. The lowest BCUT2D eigenvalue weighted by Crippen LogP contribution is -2.30. The number of rotatable bonds is 53. The van der Waals surface area contributed by atoms with Crippen molar-refractivity contribution in [2.45, 2.75) is 303 Å². The molecule has 394 valence electrons. The molecule has 0 aromatic heterocycles. The van der Waals surface area contributed by atoms with Gasteiger partial charge in [-0.3, -0.25) is 14.4 Å². The zero-order valence-electron chi connectivity index (χ0n) is 45.1. The zero-order valence-corrected chi connectivity index (χ0v) is 45.1. The Labute approximate surface area is 421 Å². The molecule has 0 amide bonds. The predicted molar refractivity (Wildman–Crippen MR) is 293 cm³/mol. The largest absolute Gasteiger partial charge is 0.462 e. The number of unbranched alkanes of at least 4 members (excludes halogenated alkanes) is 33. The summed E-state index contributed by atoms with van der Waals surface area (Å²) in [6, 6.07) is 0. The van der Waals surface area contributed by atoms with Crippen molar-refractivity contribution in [3.8, 4) is 0 Å². The first kappa shape index (κ1) is 65.1. The summed E-state index contributed by atoms with van der Waals surface area (Å²) in [5, 5.41) is 0. The van der Waals surface area contributed by atoms with Crippen LogP contribution in [0, 0.1) is 0 Å². The summed E-state index contributed by atoms with van der Waals surface area (Å²) in [6.07, 6.45) is 70.6. The Balaban J connectivity index is 4.33. The number of carbonyl (C=O) groups is 3. The lowest BCUT2D eigenvalue weighted by molar-refractivity contribution is -0.167. The minimum atomic E-state index is -0.776. The molecule has 0 rings (SSSR count). The Morgan fingerprint density at radius 1 is 0.324 bits per heavy atom. The minimum absolute atomic E-state index is 0.0743. The Hall–Kier alpha value is -2.89. The predicted octanol–water partition coefficient (Wildman–Crippen LogP) is 19.6. The topological polar surface area (TPSA) is 78.9 Å². The van der Waals surface area contributed by atoms with Crippen molar-refractivity contribution in [1.29, 1.82) is 0 Å². The SMILES string of the molecule is CC/C=C\C/C=C\C/C=C\CCCCCCCCCCCC(=O)OCC(COC(=O)CCCCCCCCCCCCCC)OC(=O)CCCCCCCCCCCC/C=C\C=C/CCCCC. The van der Waals surface area contributed by atoms with Gasteiger partial charge in [-0.15, -0.1) is 0 Å². The molecule has 0 heterocycles. The first-order valence-corrected chi connectivity index (χ1v) is 29.3. The second-order valence-electron chi connectivity index (χ2n) is 19.6. The van der Waals surface area contributed by atoms with Crippen LogP contribution in [0.3, 0.4) is 0 Å². The molecule has 6 nitrogen and oxygen atoms in total. The second kappa shape index (κ2) is 56.7.